The fraction of sp³-hybridized carbons (Fsp3) is 0.739. The van der Waals surface area contributed by atoms with Gasteiger partial charge in [0.05, 0.1) is 4.05 Å². The molecule has 0 aliphatic carbocycles. The minimum Gasteiger partial charge on any atom is -0.369 e. The van der Waals surface area contributed by atoms with Crippen molar-refractivity contribution in [2.75, 3.05) is 57.8 Å². The zero-order valence-corrected chi connectivity index (χ0v) is 20.4. The number of anilines is 1. The summed E-state index contributed by atoms with van der Waals surface area (Å²) >= 11 is 2.54. The second-order valence-corrected chi connectivity index (χ2v) is 10.8. The molecule has 2 saturated heterocycles. The highest BCUT2D eigenvalue weighted by molar-refractivity contribution is 14.1. The van der Waals surface area contributed by atoms with E-state index < -0.39 is 0 Å². The minimum atomic E-state index is 0.664. The summed E-state index contributed by atoms with van der Waals surface area (Å²) in [7, 11) is 2.28. The van der Waals surface area contributed by atoms with Gasteiger partial charge < -0.3 is 9.80 Å². The number of likely N-dealkylation sites (tertiary alicyclic amines) is 1. The molecule has 1 aromatic rings. The Labute approximate surface area is 186 Å². The van der Waals surface area contributed by atoms with Gasteiger partial charge in [-0.25, -0.2) is 0 Å². The van der Waals surface area contributed by atoms with Crippen molar-refractivity contribution >= 4 is 28.3 Å². The highest BCUT2D eigenvalue weighted by Crippen LogP contribution is 2.23. The van der Waals surface area contributed by atoms with Gasteiger partial charge >= 0.3 is 0 Å². The number of nitrogens with zero attached hydrogens (tertiary/aromatic N) is 4. The topological polar surface area (TPSA) is 13.0 Å². The third kappa shape index (κ3) is 6.31. The van der Waals surface area contributed by atoms with Crippen LogP contribution in [-0.4, -0.2) is 77.7 Å². The Morgan fingerprint density at radius 2 is 1.54 bits per heavy atom. The maximum absolute atomic E-state index is 2.61. The molecule has 0 amide bonds. The van der Waals surface area contributed by atoms with Gasteiger partial charge in [0.2, 0.25) is 0 Å². The lowest BCUT2D eigenvalue weighted by molar-refractivity contribution is 0.152. The second kappa shape index (κ2) is 10.6. The molecule has 5 heteroatoms. The molecule has 2 aliphatic heterocycles. The normalized spacial score (nSPS) is 21.6. The largest absolute Gasteiger partial charge is 0.369 e. The maximum atomic E-state index is 2.61. The van der Waals surface area contributed by atoms with Crippen molar-refractivity contribution in [2.45, 2.75) is 50.2 Å². The molecular weight excluding hydrogens is 459 g/mol. The first-order chi connectivity index (χ1) is 13.4. The average Bonchev–Trinajstić information content (AvgIpc) is 2.69. The molecule has 0 aromatic heterocycles. The zero-order valence-electron chi connectivity index (χ0n) is 18.3. The van der Waals surface area contributed by atoms with E-state index in [1.165, 1.54) is 56.8 Å². The summed E-state index contributed by atoms with van der Waals surface area (Å²) in [4.78, 5) is 10.2. The Morgan fingerprint density at radius 3 is 2.07 bits per heavy atom. The number of hydrogen-bond donors (Lipinski definition) is 0. The summed E-state index contributed by atoms with van der Waals surface area (Å²) in [6.07, 6.45) is 2.69. The highest BCUT2D eigenvalue weighted by Gasteiger charge is 2.22. The lowest BCUT2D eigenvalue weighted by Crippen LogP contribution is -2.48. The monoisotopic (exact) mass is 498 g/mol. The van der Waals surface area contributed by atoms with Crippen LogP contribution in [0.25, 0.3) is 0 Å². The Balaban J connectivity index is 1.43. The Morgan fingerprint density at radius 1 is 0.929 bits per heavy atom. The standard InChI is InChI=1S/C23H39IN4/c1-19(2)26-13-15-28(16-14-26)23-7-5-21(6-8-23)17-25(4)18-22-9-11-27(12-10-22)20(3)24/h5-8,19-20,22H,9-18H2,1-4H3. The van der Waals surface area contributed by atoms with E-state index in [4.69, 9.17) is 0 Å². The summed E-state index contributed by atoms with van der Waals surface area (Å²) in [5, 5.41) is 0. The van der Waals surface area contributed by atoms with E-state index in [9.17, 15) is 0 Å². The van der Waals surface area contributed by atoms with E-state index in [0.29, 0.717) is 10.1 Å². The minimum absolute atomic E-state index is 0.664. The molecule has 0 saturated carbocycles. The first-order valence-electron chi connectivity index (χ1n) is 11.1. The number of piperazine rings is 1. The molecule has 0 spiro atoms. The molecule has 0 bridgehead atoms. The van der Waals surface area contributed by atoms with Crippen LogP contribution in [0, 0.1) is 5.92 Å². The van der Waals surface area contributed by atoms with Gasteiger partial charge in [0.1, 0.15) is 0 Å². The third-order valence-corrected chi connectivity index (χ3v) is 7.31. The van der Waals surface area contributed by atoms with E-state index in [-0.39, 0.29) is 0 Å². The van der Waals surface area contributed by atoms with E-state index in [1.807, 2.05) is 0 Å². The molecule has 1 unspecified atom stereocenters. The predicted molar refractivity (Wildman–Crippen MR) is 129 cm³/mol. The first-order valence-corrected chi connectivity index (χ1v) is 12.3. The molecular formula is C23H39IN4. The van der Waals surface area contributed by atoms with Crippen LogP contribution in [0.5, 0.6) is 0 Å². The van der Waals surface area contributed by atoms with Crippen molar-refractivity contribution in [1.82, 2.24) is 14.7 Å². The number of alkyl halides is 1. The van der Waals surface area contributed by atoms with E-state index in [1.54, 1.807) is 0 Å². The Hall–Kier alpha value is -0.370. The SMILES string of the molecule is CC(C)N1CCN(c2ccc(CN(C)CC3CCN(C(C)I)CC3)cc2)CC1. The summed E-state index contributed by atoms with van der Waals surface area (Å²) in [5.41, 5.74) is 2.82. The lowest BCUT2D eigenvalue weighted by atomic mass is 9.96. The van der Waals surface area contributed by atoms with Gasteiger partial charge in [-0.3, -0.25) is 9.80 Å². The van der Waals surface area contributed by atoms with Crippen molar-refractivity contribution < 1.29 is 0 Å². The van der Waals surface area contributed by atoms with Crippen LogP contribution in [0.1, 0.15) is 39.2 Å². The number of hydrogen-bond acceptors (Lipinski definition) is 4. The van der Waals surface area contributed by atoms with Crippen LogP contribution in [0.2, 0.25) is 0 Å². The molecule has 28 heavy (non-hydrogen) atoms. The average molecular weight is 498 g/mol. The van der Waals surface area contributed by atoms with Crippen molar-refractivity contribution in [3.8, 4) is 0 Å². The highest BCUT2D eigenvalue weighted by atomic mass is 127. The molecule has 2 fully saturated rings. The van der Waals surface area contributed by atoms with E-state index in [2.05, 4.69) is 94.3 Å². The van der Waals surface area contributed by atoms with Crippen LogP contribution in [0.4, 0.5) is 5.69 Å². The molecule has 1 aromatic carbocycles. The number of halogens is 1. The molecule has 2 aliphatic rings. The van der Waals surface area contributed by atoms with Crippen molar-refractivity contribution in [2.24, 2.45) is 5.92 Å². The molecule has 158 valence electrons. The van der Waals surface area contributed by atoms with Gasteiger partial charge in [-0.2, -0.15) is 0 Å². The van der Waals surface area contributed by atoms with Gasteiger partial charge in [-0.15, -0.1) is 0 Å². The Kier molecular flexibility index (Phi) is 8.45. The van der Waals surface area contributed by atoms with Crippen LogP contribution >= 0.6 is 22.6 Å². The van der Waals surface area contributed by atoms with Gasteiger partial charge in [0.15, 0.2) is 0 Å². The van der Waals surface area contributed by atoms with Gasteiger partial charge in [0.25, 0.3) is 0 Å². The first kappa shape index (κ1) is 22.3. The molecule has 4 nitrogen and oxygen atoms in total. The lowest BCUT2D eigenvalue weighted by Gasteiger charge is -2.38. The van der Waals surface area contributed by atoms with Gasteiger partial charge in [0, 0.05) is 51.0 Å². The smallest absolute Gasteiger partial charge is 0.0589 e. The Bertz CT molecular complexity index is 573. The molecule has 0 N–H and O–H groups in total. The van der Waals surface area contributed by atoms with Crippen LogP contribution in [0.3, 0.4) is 0 Å². The summed E-state index contributed by atoms with van der Waals surface area (Å²) in [6.45, 7) is 16.4. The number of rotatable bonds is 7. The fourth-order valence-corrected chi connectivity index (χ4v) is 5.17. The molecule has 0 radical (unpaired) electrons. The van der Waals surface area contributed by atoms with Crippen LogP contribution < -0.4 is 4.90 Å². The van der Waals surface area contributed by atoms with Crippen LogP contribution in [0.15, 0.2) is 24.3 Å². The third-order valence-electron chi connectivity index (χ3n) is 6.52. The van der Waals surface area contributed by atoms with E-state index >= 15 is 0 Å². The predicted octanol–water partition coefficient (Wildman–Crippen LogP) is 4.14. The number of piperidine rings is 1. The summed E-state index contributed by atoms with van der Waals surface area (Å²) in [6, 6.07) is 9.99. The van der Waals surface area contributed by atoms with Gasteiger partial charge in [-0.1, -0.05) is 34.7 Å². The van der Waals surface area contributed by atoms with Gasteiger partial charge in [-0.05, 0) is 77.4 Å². The second-order valence-electron chi connectivity index (χ2n) is 9.03. The molecule has 2 heterocycles. The number of benzene rings is 1. The fourth-order valence-electron chi connectivity index (χ4n) is 4.62. The van der Waals surface area contributed by atoms with Crippen molar-refractivity contribution in [1.29, 1.82) is 0 Å². The van der Waals surface area contributed by atoms with E-state index in [0.717, 1.165) is 25.6 Å². The summed E-state index contributed by atoms with van der Waals surface area (Å²) < 4.78 is 0.670. The molecule has 3 rings (SSSR count). The zero-order chi connectivity index (χ0) is 20.1. The van der Waals surface area contributed by atoms with Crippen molar-refractivity contribution in [3.05, 3.63) is 29.8 Å². The summed E-state index contributed by atoms with van der Waals surface area (Å²) in [5.74, 6) is 0.855. The maximum Gasteiger partial charge on any atom is 0.0589 e. The quantitative estimate of drug-likeness (QED) is 0.318. The van der Waals surface area contributed by atoms with Crippen molar-refractivity contribution in [3.63, 3.8) is 0 Å². The van der Waals surface area contributed by atoms with Crippen LogP contribution in [-0.2, 0) is 6.54 Å². The molecule has 1 atom stereocenters.